The van der Waals surface area contributed by atoms with E-state index in [4.69, 9.17) is 13.9 Å². The fourth-order valence-corrected chi connectivity index (χ4v) is 5.12. The molecular formula is C28H22N2O7S. The molecule has 0 aliphatic carbocycles. The average molecular weight is 531 g/mol. The third-order valence-electron chi connectivity index (χ3n) is 5.80. The van der Waals surface area contributed by atoms with Crippen LogP contribution in [0, 0.1) is 6.92 Å². The minimum absolute atomic E-state index is 0.0366. The molecule has 3 heterocycles. The highest BCUT2D eigenvalue weighted by atomic mass is 32.1. The van der Waals surface area contributed by atoms with Crippen LogP contribution < -0.4 is 9.64 Å². The van der Waals surface area contributed by atoms with Gasteiger partial charge in [0, 0.05) is 0 Å². The van der Waals surface area contributed by atoms with Gasteiger partial charge in [0.25, 0.3) is 5.91 Å². The molecule has 10 heteroatoms. The van der Waals surface area contributed by atoms with E-state index in [9.17, 15) is 19.5 Å². The zero-order chi connectivity index (χ0) is 26.8. The first kappa shape index (κ1) is 25.0. The molecule has 0 radical (unpaired) electrons. The van der Waals surface area contributed by atoms with Gasteiger partial charge in [0.15, 0.2) is 16.7 Å². The van der Waals surface area contributed by atoms with E-state index < -0.39 is 29.5 Å². The molecule has 192 valence electrons. The summed E-state index contributed by atoms with van der Waals surface area (Å²) in [6.45, 7) is 3.49. The van der Waals surface area contributed by atoms with Crippen molar-refractivity contribution in [2.45, 2.75) is 19.9 Å². The summed E-state index contributed by atoms with van der Waals surface area (Å²) in [5, 5.41) is 11.1. The van der Waals surface area contributed by atoms with Crippen molar-refractivity contribution in [3.05, 3.63) is 106 Å². The molecule has 0 fully saturated rings. The monoisotopic (exact) mass is 530 g/mol. The lowest BCUT2D eigenvalue weighted by atomic mass is 9.95. The molecule has 4 aromatic rings. The van der Waals surface area contributed by atoms with Crippen LogP contribution in [-0.4, -0.2) is 34.4 Å². The number of aryl methyl sites for hydroxylation is 1. The van der Waals surface area contributed by atoms with Gasteiger partial charge in [0.2, 0.25) is 5.78 Å². The molecule has 0 unspecified atom stereocenters. The number of hydrogen-bond acceptors (Lipinski definition) is 9. The van der Waals surface area contributed by atoms with Crippen LogP contribution >= 0.6 is 11.3 Å². The molecule has 1 amide bonds. The number of ketones is 1. The van der Waals surface area contributed by atoms with Gasteiger partial charge in [-0.15, -0.1) is 0 Å². The third kappa shape index (κ3) is 4.57. The van der Waals surface area contributed by atoms with Crippen molar-refractivity contribution in [3.63, 3.8) is 0 Å². The van der Waals surface area contributed by atoms with Gasteiger partial charge in [0.05, 0.1) is 30.2 Å². The number of hydrogen-bond donors (Lipinski definition) is 1. The van der Waals surface area contributed by atoms with Crippen molar-refractivity contribution in [1.82, 2.24) is 4.98 Å². The van der Waals surface area contributed by atoms with E-state index in [1.807, 2.05) is 18.2 Å². The summed E-state index contributed by atoms with van der Waals surface area (Å²) in [7, 11) is 0. The molecule has 2 aromatic heterocycles. The highest BCUT2D eigenvalue weighted by molar-refractivity contribution is 7.17. The second-order valence-electron chi connectivity index (χ2n) is 8.27. The number of ether oxygens (including phenoxy) is 2. The number of thiazole rings is 1. The van der Waals surface area contributed by atoms with Gasteiger partial charge in [0.1, 0.15) is 16.4 Å². The summed E-state index contributed by atoms with van der Waals surface area (Å²) in [4.78, 5) is 45.2. The Morgan fingerprint density at radius 3 is 2.55 bits per heavy atom. The molecule has 0 bridgehead atoms. The zero-order valence-corrected chi connectivity index (χ0v) is 21.2. The van der Waals surface area contributed by atoms with Gasteiger partial charge in [-0.25, -0.2) is 9.78 Å². The first-order valence-electron chi connectivity index (χ1n) is 11.7. The number of furan rings is 1. The molecule has 1 N–H and O–H groups in total. The molecular weight excluding hydrogens is 508 g/mol. The number of rotatable bonds is 8. The predicted molar refractivity (Wildman–Crippen MR) is 139 cm³/mol. The number of aliphatic hydroxyl groups excluding tert-OH is 1. The summed E-state index contributed by atoms with van der Waals surface area (Å²) < 4.78 is 16.4. The number of benzene rings is 2. The van der Waals surface area contributed by atoms with E-state index in [1.165, 1.54) is 17.2 Å². The van der Waals surface area contributed by atoms with E-state index in [0.29, 0.717) is 22.8 Å². The topological polar surface area (TPSA) is 119 Å². The van der Waals surface area contributed by atoms with E-state index in [-0.39, 0.29) is 27.9 Å². The lowest BCUT2D eigenvalue weighted by Gasteiger charge is -2.24. The van der Waals surface area contributed by atoms with Crippen molar-refractivity contribution >= 4 is 34.1 Å². The first-order valence-corrected chi connectivity index (χ1v) is 12.5. The molecule has 9 nitrogen and oxygen atoms in total. The van der Waals surface area contributed by atoms with Crippen LogP contribution in [-0.2, 0) is 9.53 Å². The number of nitrogens with zero attached hydrogens (tertiary/aromatic N) is 2. The van der Waals surface area contributed by atoms with Gasteiger partial charge < -0.3 is 19.0 Å². The van der Waals surface area contributed by atoms with Crippen LogP contribution in [0.5, 0.6) is 11.5 Å². The molecule has 0 saturated carbocycles. The average Bonchev–Trinajstić information content (AvgIpc) is 3.64. The number of amides is 1. The van der Waals surface area contributed by atoms with Gasteiger partial charge in [-0.3, -0.25) is 14.5 Å². The number of esters is 1. The third-order valence-corrected chi connectivity index (χ3v) is 6.94. The van der Waals surface area contributed by atoms with Crippen molar-refractivity contribution in [2.75, 3.05) is 11.5 Å². The Morgan fingerprint density at radius 2 is 1.84 bits per heavy atom. The van der Waals surface area contributed by atoms with Crippen molar-refractivity contribution in [2.24, 2.45) is 0 Å². The lowest BCUT2D eigenvalue weighted by molar-refractivity contribution is -0.117. The largest absolute Gasteiger partial charge is 0.503 e. The maximum Gasteiger partial charge on any atom is 0.350 e. The van der Waals surface area contributed by atoms with Gasteiger partial charge in [-0.05, 0) is 55.8 Å². The van der Waals surface area contributed by atoms with Gasteiger partial charge in [-0.2, -0.15) is 0 Å². The summed E-state index contributed by atoms with van der Waals surface area (Å²) in [6.07, 6.45) is 1.33. The van der Waals surface area contributed by atoms with Crippen LogP contribution in [0.15, 0.2) is 88.7 Å². The Balaban J connectivity index is 1.61. The van der Waals surface area contributed by atoms with Crippen molar-refractivity contribution in [1.29, 1.82) is 0 Å². The Bertz CT molecular complexity index is 1540. The molecule has 5 rings (SSSR count). The second kappa shape index (κ2) is 10.3. The summed E-state index contributed by atoms with van der Waals surface area (Å²) in [5.74, 6) is -1.75. The number of Topliss-reactive ketones (excluding diaryl/α,β-unsaturated/α-hetero) is 1. The van der Waals surface area contributed by atoms with Crippen LogP contribution in [0.1, 0.15) is 44.4 Å². The maximum atomic E-state index is 13.5. The molecule has 0 spiro atoms. The Hall–Kier alpha value is -4.70. The molecule has 2 aromatic carbocycles. The standard InChI is InChI=1S/C28H22N2O7S/c1-3-35-27(34)25-16(2)29-28(38-25)30-22(21(24(32)26(30)33)23(31)20-13-8-14-36-20)17-9-7-12-19(15-17)37-18-10-5-4-6-11-18/h4-15,22,32H,3H2,1-2H3/t22-/m0/s1. The predicted octanol–water partition coefficient (Wildman–Crippen LogP) is 5.80. The van der Waals surface area contributed by atoms with Crippen LogP contribution in [0.3, 0.4) is 0 Å². The second-order valence-corrected chi connectivity index (χ2v) is 9.24. The lowest BCUT2D eigenvalue weighted by Crippen LogP contribution is -2.31. The van der Waals surface area contributed by atoms with E-state index in [0.717, 1.165) is 11.3 Å². The number of para-hydroxylation sites is 1. The maximum absolute atomic E-state index is 13.5. The fourth-order valence-electron chi connectivity index (χ4n) is 4.13. The number of anilines is 1. The van der Waals surface area contributed by atoms with Crippen LogP contribution in [0.4, 0.5) is 5.13 Å². The summed E-state index contributed by atoms with van der Waals surface area (Å²) >= 11 is 0.943. The Morgan fingerprint density at radius 1 is 1.08 bits per heavy atom. The number of carbonyl (C=O) groups is 3. The number of aromatic nitrogens is 1. The van der Waals surface area contributed by atoms with Crippen molar-refractivity contribution < 1.29 is 33.4 Å². The highest BCUT2D eigenvalue weighted by Gasteiger charge is 2.47. The van der Waals surface area contributed by atoms with Gasteiger partial charge >= 0.3 is 5.97 Å². The number of carbonyl (C=O) groups excluding carboxylic acids is 3. The molecule has 1 aliphatic heterocycles. The van der Waals surface area contributed by atoms with Crippen LogP contribution in [0.2, 0.25) is 0 Å². The molecule has 1 aliphatic rings. The first-order chi connectivity index (χ1) is 18.4. The van der Waals surface area contributed by atoms with Crippen LogP contribution in [0.25, 0.3) is 0 Å². The van der Waals surface area contributed by atoms with Gasteiger partial charge in [-0.1, -0.05) is 41.7 Å². The summed E-state index contributed by atoms with van der Waals surface area (Å²) in [6, 6.07) is 17.9. The SMILES string of the molecule is CCOC(=O)c1sc(N2C(=O)C(O)=C(C(=O)c3ccco3)[C@@H]2c2cccc(Oc3ccccc3)c2)nc1C. The Kier molecular flexibility index (Phi) is 6.80. The summed E-state index contributed by atoms with van der Waals surface area (Å²) in [5.41, 5.74) is 0.671. The Labute approximate surface area is 221 Å². The van der Waals surface area contributed by atoms with E-state index in [1.54, 1.807) is 56.3 Å². The highest BCUT2D eigenvalue weighted by Crippen LogP contribution is 2.44. The minimum Gasteiger partial charge on any atom is -0.503 e. The smallest absolute Gasteiger partial charge is 0.350 e. The molecule has 38 heavy (non-hydrogen) atoms. The minimum atomic E-state index is -1.07. The molecule has 1 atom stereocenters. The van der Waals surface area contributed by atoms with E-state index in [2.05, 4.69) is 4.98 Å². The van der Waals surface area contributed by atoms with E-state index >= 15 is 0 Å². The van der Waals surface area contributed by atoms with Crippen molar-refractivity contribution in [3.8, 4) is 11.5 Å². The zero-order valence-electron chi connectivity index (χ0n) is 20.4. The normalized spacial score (nSPS) is 15.2. The number of aliphatic hydroxyl groups is 1. The fraction of sp³-hybridized carbons (Fsp3) is 0.143. The molecule has 0 saturated heterocycles. The quantitative estimate of drug-likeness (QED) is 0.224.